The number of rotatable bonds is 7. The largest absolute Gasteiger partial charge is 0.508 e. The number of alkyl halides is 3. The molecule has 4 nitrogen and oxygen atoms in total. The van der Waals surface area contributed by atoms with Gasteiger partial charge in [0, 0.05) is 28.5 Å². The molecule has 1 unspecified atom stereocenters. The number of nitrogens with zero attached hydrogens (tertiary/aromatic N) is 1. The second-order valence-electron chi connectivity index (χ2n) is 10.4. The van der Waals surface area contributed by atoms with Crippen LogP contribution < -0.4 is 5.32 Å². The number of halogens is 4. The molecule has 0 bridgehead atoms. The maximum atomic E-state index is 14.2. The highest BCUT2D eigenvalue weighted by molar-refractivity contribution is 5.93. The van der Waals surface area contributed by atoms with Crippen molar-refractivity contribution in [3.63, 3.8) is 0 Å². The number of fused-ring (bicyclic) bond motifs is 1. The zero-order valence-corrected chi connectivity index (χ0v) is 21.1. The topological polar surface area (TPSA) is 57.4 Å². The van der Waals surface area contributed by atoms with Crippen LogP contribution in [-0.2, 0) is 5.41 Å². The van der Waals surface area contributed by atoms with Crippen molar-refractivity contribution >= 4 is 16.6 Å². The molecule has 3 N–H and O–H groups in total. The second kappa shape index (κ2) is 9.41. The fraction of sp³-hybridized carbons (Fsp3) is 0.310. The number of phenolic OH excluding ortho intramolecular Hbond substituents is 1. The lowest BCUT2D eigenvalue weighted by Crippen LogP contribution is -2.53. The van der Waals surface area contributed by atoms with Gasteiger partial charge in [0.05, 0.1) is 12.1 Å². The molecule has 1 heterocycles. The number of aromatic hydroxyl groups is 1. The lowest BCUT2D eigenvalue weighted by Gasteiger charge is -2.38. The fourth-order valence-corrected chi connectivity index (χ4v) is 5.02. The Bertz CT molecular complexity index is 1420. The Labute approximate surface area is 213 Å². The highest BCUT2D eigenvalue weighted by atomic mass is 19.4. The summed E-state index contributed by atoms with van der Waals surface area (Å²) in [6.45, 7) is 6.03. The Morgan fingerprint density at radius 2 is 1.59 bits per heavy atom. The summed E-state index contributed by atoms with van der Waals surface area (Å²) < 4.78 is 58.4. The van der Waals surface area contributed by atoms with Gasteiger partial charge in [-0.15, -0.1) is 0 Å². The van der Waals surface area contributed by atoms with E-state index in [1.807, 2.05) is 48.9 Å². The van der Waals surface area contributed by atoms with E-state index in [1.165, 1.54) is 13.8 Å². The molecule has 37 heavy (non-hydrogen) atoms. The Hall–Kier alpha value is -3.52. The monoisotopic (exact) mass is 514 g/mol. The molecule has 0 aliphatic carbocycles. The third-order valence-corrected chi connectivity index (χ3v) is 6.74. The predicted octanol–water partition coefficient (Wildman–Crippen LogP) is 7.17. The average Bonchev–Trinajstić information content (AvgIpc) is 3.22. The number of hydrogen-bond acceptors (Lipinski definition) is 3. The molecule has 0 amide bonds. The predicted molar refractivity (Wildman–Crippen MR) is 138 cm³/mol. The third-order valence-electron chi connectivity index (χ3n) is 6.74. The maximum absolute atomic E-state index is 14.2. The first-order chi connectivity index (χ1) is 17.2. The Morgan fingerprint density at radius 3 is 2.24 bits per heavy atom. The first-order valence-corrected chi connectivity index (χ1v) is 11.9. The average molecular weight is 515 g/mol. The maximum Gasteiger partial charge on any atom is 0.418 e. The molecule has 196 valence electrons. The molecule has 1 atom stereocenters. The van der Waals surface area contributed by atoms with Crippen molar-refractivity contribution in [2.75, 3.05) is 11.9 Å². The summed E-state index contributed by atoms with van der Waals surface area (Å²) in [5.41, 5.74) is -0.202. The van der Waals surface area contributed by atoms with Crippen LogP contribution in [0.5, 0.6) is 5.75 Å². The van der Waals surface area contributed by atoms with Gasteiger partial charge in [0.25, 0.3) is 0 Å². The van der Waals surface area contributed by atoms with Gasteiger partial charge in [-0.3, -0.25) is 0 Å². The van der Waals surface area contributed by atoms with Gasteiger partial charge in [-0.2, -0.15) is 13.2 Å². The van der Waals surface area contributed by atoms with Gasteiger partial charge in [-0.25, -0.2) is 4.39 Å². The summed E-state index contributed by atoms with van der Waals surface area (Å²) in [5.74, 6) is -1.02. The third kappa shape index (κ3) is 5.30. The fourth-order valence-electron chi connectivity index (χ4n) is 5.02. The number of aryl methyl sites for hydroxylation is 2. The van der Waals surface area contributed by atoms with Crippen molar-refractivity contribution in [1.82, 2.24) is 4.57 Å². The van der Waals surface area contributed by atoms with Crippen molar-refractivity contribution in [3.05, 3.63) is 89.4 Å². The molecule has 0 saturated carbocycles. The molecular weight excluding hydrogens is 484 g/mol. The van der Waals surface area contributed by atoms with Gasteiger partial charge in [-0.05, 0) is 85.3 Å². The molecular formula is C29H30F4N2O2. The van der Waals surface area contributed by atoms with Crippen LogP contribution in [0.1, 0.15) is 37.0 Å². The van der Waals surface area contributed by atoms with E-state index < -0.39 is 36.0 Å². The lowest BCUT2D eigenvalue weighted by molar-refractivity contribution is -0.260. The SMILES string of the molecule is Cc1cc(C)cc(-n2ccc3c(NCC(O)(CC(C)(C)c4cc(F)ccc4O)C(F)(F)F)cccc32)c1. The van der Waals surface area contributed by atoms with Crippen LogP contribution in [0.2, 0.25) is 0 Å². The number of aliphatic hydroxyl groups is 1. The van der Waals surface area contributed by atoms with Crippen molar-refractivity contribution in [2.24, 2.45) is 0 Å². The molecule has 0 aliphatic rings. The van der Waals surface area contributed by atoms with E-state index in [1.54, 1.807) is 12.1 Å². The molecule has 4 aromatic rings. The smallest absolute Gasteiger partial charge is 0.418 e. The Morgan fingerprint density at radius 1 is 0.919 bits per heavy atom. The molecule has 0 radical (unpaired) electrons. The summed E-state index contributed by atoms with van der Waals surface area (Å²) in [6.07, 6.45) is -3.93. The number of benzene rings is 3. The van der Waals surface area contributed by atoms with E-state index in [2.05, 4.69) is 11.4 Å². The Balaban J connectivity index is 1.66. The minimum Gasteiger partial charge on any atom is -0.508 e. The van der Waals surface area contributed by atoms with E-state index in [-0.39, 0.29) is 11.3 Å². The van der Waals surface area contributed by atoms with Gasteiger partial charge >= 0.3 is 6.18 Å². The molecule has 0 aliphatic heterocycles. The standard InChI is InChI=1S/C29H30F4N2O2/c1-18-12-19(2)14-21(13-18)35-11-10-22-24(6-5-7-25(22)35)34-17-28(37,29(31,32)33)16-27(3,4)23-15-20(30)8-9-26(23)36/h5-15,34,36-37H,16-17H2,1-4H3. The summed E-state index contributed by atoms with van der Waals surface area (Å²) in [4.78, 5) is 0. The van der Waals surface area contributed by atoms with Gasteiger partial charge < -0.3 is 20.1 Å². The minimum absolute atomic E-state index is 0.0113. The minimum atomic E-state index is -4.99. The quantitative estimate of drug-likeness (QED) is 0.229. The molecule has 8 heteroatoms. The first kappa shape index (κ1) is 26.5. The van der Waals surface area contributed by atoms with Gasteiger partial charge in [-0.1, -0.05) is 26.0 Å². The highest BCUT2D eigenvalue weighted by Gasteiger charge is 2.56. The van der Waals surface area contributed by atoms with Crippen LogP contribution in [0.4, 0.5) is 23.2 Å². The van der Waals surface area contributed by atoms with Gasteiger partial charge in [0.2, 0.25) is 0 Å². The van der Waals surface area contributed by atoms with Crippen LogP contribution in [0.15, 0.2) is 66.9 Å². The number of anilines is 1. The molecule has 0 spiro atoms. The van der Waals surface area contributed by atoms with Crippen LogP contribution >= 0.6 is 0 Å². The van der Waals surface area contributed by atoms with E-state index in [4.69, 9.17) is 0 Å². The summed E-state index contributed by atoms with van der Waals surface area (Å²) >= 11 is 0. The summed E-state index contributed by atoms with van der Waals surface area (Å²) in [5, 5.41) is 24.6. The van der Waals surface area contributed by atoms with Crippen LogP contribution in [-0.4, -0.2) is 33.1 Å². The molecule has 3 aromatic carbocycles. The van der Waals surface area contributed by atoms with Gasteiger partial charge in [0.1, 0.15) is 11.6 Å². The number of aromatic nitrogens is 1. The zero-order chi connectivity index (χ0) is 27.2. The van der Waals surface area contributed by atoms with Crippen molar-refractivity contribution < 1.29 is 27.8 Å². The molecule has 4 rings (SSSR count). The molecule has 1 aromatic heterocycles. The van der Waals surface area contributed by atoms with Crippen LogP contribution in [0, 0.1) is 19.7 Å². The Kier molecular flexibility index (Phi) is 6.75. The van der Waals surface area contributed by atoms with E-state index in [9.17, 15) is 27.8 Å². The van der Waals surface area contributed by atoms with Crippen molar-refractivity contribution in [2.45, 2.75) is 51.3 Å². The van der Waals surface area contributed by atoms with E-state index in [0.29, 0.717) is 11.1 Å². The second-order valence-corrected chi connectivity index (χ2v) is 10.4. The van der Waals surface area contributed by atoms with Crippen LogP contribution in [0.25, 0.3) is 16.6 Å². The lowest BCUT2D eigenvalue weighted by atomic mass is 9.74. The summed E-state index contributed by atoms with van der Waals surface area (Å²) in [6, 6.07) is 16.3. The number of phenols is 1. The van der Waals surface area contributed by atoms with Crippen LogP contribution in [0.3, 0.4) is 0 Å². The van der Waals surface area contributed by atoms with Gasteiger partial charge in [0.15, 0.2) is 5.60 Å². The van der Waals surface area contributed by atoms with E-state index >= 15 is 0 Å². The normalized spacial score (nSPS) is 14.1. The van der Waals surface area contributed by atoms with Crippen molar-refractivity contribution in [1.29, 1.82) is 0 Å². The number of nitrogens with one attached hydrogen (secondary N) is 1. The first-order valence-electron chi connectivity index (χ1n) is 11.9. The summed E-state index contributed by atoms with van der Waals surface area (Å²) in [7, 11) is 0. The molecule has 0 saturated heterocycles. The van der Waals surface area contributed by atoms with E-state index in [0.717, 1.165) is 40.5 Å². The number of hydrogen-bond donors (Lipinski definition) is 3. The molecule has 0 fully saturated rings. The zero-order valence-electron chi connectivity index (χ0n) is 21.1. The van der Waals surface area contributed by atoms with Crippen molar-refractivity contribution in [3.8, 4) is 11.4 Å². The highest BCUT2D eigenvalue weighted by Crippen LogP contribution is 2.44.